The molecular weight excluding hydrogens is 310 g/mol. The molecule has 0 aromatic carbocycles. The molecule has 0 radical (unpaired) electrons. The highest BCUT2D eigenvalue weighted by Gasteiger charge is 2.64. The van der Waals surface area contributed by atoms with Crippen LogP contribution in [0.1, 0.15) is 13.2 Å². The fraction of sp³-hybridized carbons (Fsp3) is 0.500. The molecule has 2 saturated heterocycles. The summed E-state index contributed by atoms with van der Waals surface area (Å²) in [6, 6.07) is 0. The summed E-state index contributed by atoms with van der Waals surface area (Å²) in [7, 11) is 0. The van der Waals surface area contributed by atoms with Crippen LogP contribution < -0.4 is 5.73 Å². The van der Waals surface area contributed by atoms with Crippen LogP contribution in [0.5, 0.6) is 5.88 Å². The van der Waals surface area contributed by atoms with Gasteiger partial charge in [-0.25, -0.2) is 9.78 Å². The average molecular weight is 323 g/mol. The van der Waals surface area contributed by atoms with Gasteiger partial charge < -0.3 is 30.2 Å². The zero-order chi connectivity index (χ0) is 16.4. The number of aromatic nitrogens is 4. The van der Waals surface area contributed by atoms with Crippen molar-refractivity contribution >= 4 is 23.3 Å². The van der Waals surface area contributed by atoms with E-state index in [-0.39, 0.29) is 29.6 Å². The number of aromatic hydroxyl groups is 1. The monoisotopic (exact) mass is 323 g/mol. The van der Waals surface area contributed by atoms with Crippen molar-refractivity contribution in [3.8, 4) is 5.88 Å². The maximum atomic E-state index is 11.5. The molecule has 4 unspecified atom stereocenters. The summed E-state index contributed by atoms with van der Waals surface area (Å²) in [6.45, 7) is 1.27. The van der Waals surface area contributed by atoms with Gasteiger partial charge in [-0.05, 0) is 6.92 Å². The Labute approximate surface area is 128 Å². The number of nitrogen functional groups attached to an aromatic ring is 1. The van der Waals surface area contributed by atoms with Crippen molar-refractivity contribution in [3.63, 3.8) is 0 Å². The van der Waals surface area contributed by atoms with E-state index >= 15 is 0 Å². The van der Waals surface area contributed by atoms with Crippen LogP contribution in [0.2, 0.25) is 0 Å². The number of anilines is 1. The van der Waals surface area contributed by atoms with Crippen molar-refractivity contribution in [3.05, 3.63) is 6.33 Å². The van der Waals surface area contributed by atoms with Gasteiger partial charge in [-0.15, -0.1) is 0 Å². The largest absolute Gasteiger partial charge is 0.509 e. The Hall–Kier alpha value is -2.66. The first-order valence-electron chi connectivity index (χ1n) is 6.79. The molecule has 0 saturated carbocycles. The van der Waals surface area contributed by atoms with Crippen LogP contribution >= 0.6 is 0 Å². The average Bonchev–Trinajstić information content (AvgIpc) is 3.08. The van der Waals surface area contributed by atoms with E-state index in [1.165, 1.54) is 10.9 Å². The molecule has 4 atom stereocenters. The molecule has 4 rings (SSSR count). The lowest BCUT2D eigenvalue weighted by Gasteiger charge is -2.26. The van der Waals surface area contributed by atoms with E-state index in [4.69, 9.17) is 19.9 Å². The molecule has 23 heavy (non-hydrogen) atoms. The lowest BCUT2D eigenvalue weighted by atomic mass is 9.96. The predicted octanol–water partition coefficient (Wildman–Crippen LogP) is -0.702. The topological polar surface area (TPSA) is 155 Å². The molecule has 2 fully saturated rings. The summed E-state index contributed by atoms with van der Waals surface area (Å²) in [5.41, 5.74) is 4.70. The van der Waals surface area contributed by atoms with Gasteiger partial charge in [0.25, 0.3) is 0 Å². The van der Waals surface area contributed by atoms with Crippen molar-refractivity contribution < 1.29 is 29.2 Å². The maximum absolute atomic E-state index is 11.5. The Morgan fingerprint density at radius 2 is 2.26 bits per heavy atom. The Bertz CT molecular complexity index is 809. The Morgan fingerprint density at radius 1 is 1.48 bits per heavy atom. The normalized spacial score (nSPS) is 32.8. The quantitative estimate of drug-likeness (QED) is 0.604. The number of nitrogens with two attached hydrogens (primary N) is 1. The predicted molar refractivity (Wildman–Crippen MR) is 72.2 cm³/mol. The third-order valence-electron chi connectivity index (χ3n) is 4.08. The standard InChI is InChI=1S/C12H13N5O6/c1-12-6(22-11(20)23-12)4(2-18)21-9(12)17-3-14-5-7(17)15-10(13)16-8(5)19/h3-4,6,9,18H,2H2,1H3,(H3,13,15,16,19). The summed E-state index contributed by atoms with van der Waals surface area (Å²) in [4.78, 5) is 23.2. The van der Waals surface area contributed by atoms with Gasteiger partial charge >= 0.3 is 6.16 Å². The van der Waals surface area contributed by atoms with Crippen LogP contribution in [-0.2, 0) is 14.2 Å². The molecule has 2 aliphatic heterocycles. The highest BCUT2D eigenvalue weighted by atomic mass is 16.8. The van der Waals surface area contributed by atoms with Crippen molar-refractivity contribution in [1.82, 2.24) is 19.5 Å². The zero-order valence-corrected chi connectivity index (χ0v) is 11.9. The number of fused-ring (bicyclic) bond motifs is 2. The second-order valence-corrected chi connectivity index (χ2v) is 5.51. The SMILES string of the molecule is CC12OC(=O)OC1C(CO)OC2n1cnc2c(O)nc(N)nc21. The second kappa shape index (κ2) is 4.43. The van der Waals surface area contributed by atoms with E-state index in [1.54, 1.807) is 6.92 Å². The molecule has 2 aromatic heterocycles. The fourth-order valence-electron chi connectivity index (χ4n) is 3.06. The van der Waals surface area contributed by atoms with Crippen LogP contribution in [0.3, 0.4) is 0 Å². The summed E-state index contributed by atoms with van der Waals surface area (Å²) >= 11 is 0. The lowest BCUT2D eigenvalue weighted by Crippen LogP contribution is -2.41. The van der Waals surface area contributed by atoms with Gasteiger partial charge in [0, 0.05) is 0 Å². The van der Waals surface area contributed by atoms with Gasteiger partial charge in [0.2, 0.25) is 11.8 Å². The first-order chi connectivity index (χ1) is 10.9. The lowest BCUT2D eigenvalue weighted by molar-refractivity contribution is -0.0908. The summed E-state index contributed by atoms with van der Waals surface area (Å²) in [5.74, 6) is -0.515. The van der Waals surface area contributed by atoms with Gasteiger partial charge in [0.1, 0.15) is 6.10 Å². The van der Waals surface area contributed by atoms with E-state index in [0.29, 0.717) is 0 Å². The molecule has 4 heterocycles. The minimum Gasteiger partial charge on any atom is -0.492 e. The van der Waals surface area contributed by atoms with E-state index in [2.05, 4.69) is 15.0 Å². The third kappa shape index (κ3) is 1.77. The number of hydrogen-bond acceptors (Lipinski definition) is 10. The first kappa shape index (κ1) is 14.0. The number of ether oxygens (including phenoxy) is 3. The van der Waals surface area contributed by atoms with Crippen molar-refractivity contribution in [1.29, 1.82) is 0 Å². The number of hydrogen-bond donors (Lipinski definition) is 3. The molecule has 122 valence electrons. The van der Waals surface area contributed by atoms with Gasteiger partial charge in [-0.1, -0.05) is 0 Å². The summed E-state index contributed by atoms with van der Waals surface area (Å²) in [5, 5.41) is 19.3. The first-order valence-corrected chi connectivity index (χ1v) is 6.79. The van der Waals surface area contributed by atoms with Crippen LogP contribution in [0.4, 0.5) is 10.7 Å². The molecule has 0 bridgehead atoms. The number of carbonyl (C=O) groups is 1. The Balaban J connectivity index is 1.86. The maximum Gasteiger partial charge on any atom is 0.509 e. The van der Waals surface area contributed by atoms with Crippen LogP contribution in [0.25, 0.3) is 11.2 Å². The number of imidazole rings is 1. The number of carbonyl (C=O) groups excluding carboxylic acids is 1. The molecule has 11 nitrogen and oxygen atoms in total. The van der Waals surface area contributed by atoms with E-state index in [0.717, 1.165) is 0 Å². The van der Waals surface area contributed by atoms with Crippen LogP contribution in [-0.4, -0.2) is 60.3 Å². The molecule has 11 heteroatoms. The van der Waals surface area contributed by atoms with Crippen LogP contribution in [0.15, 0.2) is 6.33 Å². The molecule has 4 N–H and O–H groups in total. The Morgan fingerprint density at radius 3 is 3.00 bits per heavy atom. The van der Waals surface area contributed by atoms with Gasteiger partial charge in [0.15, 0.2) is 29.1 Å². The third-order valence-corrected chi connectivity index (χ3v) is 4.08. The van der Waals surface area contributed by atoms with E-state index in [9.17, 15) is 15.0 Å². The van der Waals surface area contributed by atoms with Gasteiger partial charge in [0.05, 0.1) is 12.9 Å². The molecule has 2 aromatic rings. The fourth-order valence-corrected chi connectivity index (χ4v) is 3.06. The smallest absolute Gasteiger partial charge is 0.492 e. The number of aliphatic hydroxyl groups excluding tert-OH is 1. The van der Waals surface area contributed by atoms with E-state index in [1.807, 2.05) is 0 Å². The molecule has 0 amide bonds. The Kier molecular flexibility index (Phi) is 2.69. The number of aliphatic hydroxyl groups is 1. The van der Waals surface area contributed by atoms with Gasteiger partial charge in [-0.2, -0.15) is 9.97 Å². The van der Waals surface area contributed by atoms with Crippen molar-refractivity contribution in [2.45, 2.75) is 31.0 Å². The number of rotatable bonds is 2. The minimum atomic E-state index is -1.19. The molecular formula is C12H13N5O6. The van der Waals surface area contributed by atoms with Crippen molar-refractivity contribution in [2.24, 2.45) is 0 Å². The molecule has 0 aliphatic carbocycles. The summed E-state index contributed by atoms with van der Waals surface area (Å²) in [6.07, 6.45) is -1.89. The highest BCUT2D eigenvalue weighted by molar-refractivity contribution is 5.77. The van der Waals surface area contributed by atoms with E-state index < -0.39 is 30.2 Å². The van der Waals surface area contributed by atoms with Crippen LogP contribution in [0, 0.1) is 0 Å². The zero-order valence-electron chi connectivity index (χ0n) is 11.9. The molecule has 2 aliphatic rings. The number of nitrogens with zero attached hydrogens (tertiary/aromatic N) is 4. The van der Waals surface area contributed by atoms with Crippen molar-refractivity contribution in [2.75, 3.05) is 12.3 Å². The highest BCUT2D eigenvalue weighted by Crippen LogP contribution is 2.47. The van der Waals surface area contributed by atoms with Gasteiger partial charge in [-0.3, -0.25) is 4.57 Å². The minimum absolute atomic E-state index is 0.126. The second-order valence-electron chi connectivity index (χ2n) is 5.51. The summed E-state index contributed by atoms with van der Waals surface area (Å²) < 4.78 is 17.6. The molecule has 0 spiro atoms.